The molecule has 0 saturated carbocycles. The molecule has 1 N–H and O–H groups in total. The first-order valence-electron chi connectivity index (χ1n) is 6.74. The van der Waals surface area contributed by atoms with E-state index in [4.69, 9.17) is 9.47 Å². The fraction of sp³-hybridized carbons (Fsp3) is 0.533. The third-order valence-corrected chi connectivity index (χ3v) is 2.47. The fourth-order valence-electron chi connectivity index (χ4n) is 1.54. The van der Waals surface area contributed by atoms with Crippen molar-refractivity contribution in [2.75, 3.05) is 26.3 Å². The minimum absolute atomic E-state index is 0. The molecule has 0 amide bonds. The summed E-state index contributed by atoms with van der Waals surface area (Å²) in [5.74, 6) is 1.06. The normalized spacial score (nSPS) is 10.0. The molecule has 0 heterocycles. The lowest BCUT2D eigenvalue weighted by Gasteiger charge is -2.08. The third-order valence-electron chi connectivity index (χ3n) is 2.47. The summed E-state index contributed by atoms with van der Waals surface area (Å²) in [7, 11) is 0. The highest BCUT2D eigenvalue weighted by Gasteiger charge is 2.06. The molecule has 1 rings (SSSR count). The summed E-state index contributed by atoms with van der Waals surface area (Å²) >= 11 is 0. The Balaban J connectivity index is 0.00000361. The Morgan fingerprint density at radius 3 is 2.45 bits per heavy atom. The number of hydrogen-bond acceptors (Lipinski definition) is 4. The summed E-state index contributed by atoms with van der Waals surface area (Å²) in [4.78, 5) is 11.7. The highest BCUT2D eigenvalue weighted by atomic mass is 35.5. The summed E-state index contributed by atoms with van der Waals surface area (Å²) in [6.07, 6.45) is 0. The van der Waals surface area contributed by atoms with Crippen LogP contribution in [0.2, 0.25) is 0 Å². The van der Waals surface area contributed by atoms with E-state index in [0.29, 0.717) is 31.2 Å². The fourth-order valence-corrected chi connectivity index (χ4v) is 1.54. The number of carbonyl (C=O) groups is 1. The number of ether oxygens (including phenoxy) is 2. The lowest BCUT2D eigenvalue weighted by atomic mass is 10.2. The maximum absolute atomic E-state index is 11.7. The minimum Gasteiger partial charge on any atom is -0.494 e. The van der Waals surface area contributed by atoms with Gasteiger partial charge in [0.15, 0.2) is 0 Å². The topological polar surface area (TPSA) is 47.6 Å². The molecule has 0 saturated heterocycles. The largest absolute Gasteiger partial charge is 0.494 e. The van der Waals surface area contributed by atoms with Crippen LogP contribution in [0.5, 0.6) is 5.75 Å². The molecule has 1 aromatic rings. The van der Waals surface area contributed by atoms with Crippen molar-refractivity contribution in [1.82, 2.24) is 5.32 Å². The van der Waals surface area contributed by atoms with Crippen LogP contribution in [0, 0.1) is 5.92 Å². The summed E-state index contributed by atoms with van der Waals surface area (Å²) in [5.41, 5.74) is 0.548. The number of rotatable bonds is 8. The molecule has 20 heavy (non-hydrogen) atoms. The van der Waals surface area contributed by atoms with Crippen molar-refractivity contribution in [1.29, 1.82) is 0 Å². The van der Waals surface area contributed by atoms with Crippen molar-refractivity contribution in [3.8, 4) is 5.75 Å². The van der Waals surface area contributed by atoms with Crippen molar-refractivity contribution in [2.45, 2.75) is 20.8 Å². The highest BCUT2D eigenvalue weighted by molar-refractivity contribution is 5.89. The van der Waals surface area contributed by atoms with Crippen LogP contribution < -0.4 is 10.1 Å². The maximum atomic E-state index is 11.7. The third kappa shape index (κ3) is 7.36. The Hall–Kier alpha value is -1.26. The van der Waals surface area contributed by atoms with E-state index in [-0.39, 0.29) is 18.4 Å². The van der Waals surface area contributed by atoms with E-state index in [9.17, 15) is 4.79 Å². The Kier molecular flexibility index (Phi) is 9.86. The van der Waals surface area contributed by atoms with Gasteiger partial charge in [-0.1, -0.05) is 13.8 Å². The van der Waals surface area contributed by atoms with Gasteiger partial charge < -0.3 is 14.8 Å². The predicted octanol–water partition coefficient (Wildman–Crippen LogP) is 2.91. The average Bonchev–Trinajstić information content (AvgIpc) is 2.39. The van der Waals surface area contributed by atoms with Crippen LogP contribution in [-0.2, 0) is 4.74 Å². The van der Waals surface area contributed by atoms with Crippen LogP contribution in [-0.4, -0.2) is 32.3 Å². The van der Waals surface area contributed by atoms with Gasteiger partial charge in [-0.15, -0.1) is 12.4 Å². The molecule has 0 bridgehead atoms. The molecule has 1 aromatic carbocycles. The van der Waals surface area contributed by atoms with Gasteiger partial charge in [0.2, 0.25) is 0 Å². The number of hydrogen-bond donors (Lipinski definition) is 1. The Labute approximate surface area is 127 Å². The van der Waals surface area contributed by atoms with Crippen LogP contribution in [0.4, 0.5) is 0 Å². The molecule has 0 spiro atoms. The zero-order valence-corrected chi connectivity index (χ0v) is 13.2. The van der Waals surface area contributed by atoms with Crippen molar-refractivity contribution in [3.05, 3.63) is 29.8 Å². The molecule has 0 aromatic heterocycles. The quantitative estimate of drug-likeness (QED) is 0.592. The van der Waals surface area contributed by atoms with Crippen LogP contribution >= 0.6 is 12.4 Å². The number of halogens is 1. The Morgan fingerprint density at radius 1 is 1.25 bits per heavy atom. The summed E-state index contributed by atoms with van der Waals surface area (Å²) in [6.45, 7) is 8.82. The van der Waals surface area contributed by atoms with Crippen molar-refractivity contribution < 1.29 is 14.3 Å². The first-order chi connectivity index (χ1) is 9.13. The lowest BCUT2D eigenvalue weighted by molar-refractivity contribution is 0.0508. The van der Waals surface area contributed by atoms with Crippen LogP contribution in [0.25, 0.3) is 0 Å². The van der Waals surface area contributed by atoms with Crippen LogP contribution in [0.15, 0.2) is 24.3 Å². The van der Waals surface area contributed by atoms with Crippen LogP contribution in [0.1, 0.15) is 31.1 Å². The van der Waals surface area contributed by atoms with E-state index in [2.05, 4.69) is 19.2 Å². The second kappa shape index (κ2) is 10.5. The van der Waals surface area contributed by atoms with E-state index in [0.717, 1.165) is 12.3 Å². The second-order valence-corrected chi connectivity index (χ2v) is 4.69. The maximum Gasteiger partial charge on any atom is 0.338 e. The van der Waals surface area contributed by atoms with E-state index in [1.165, 1.54) is 0 Å². The molecule has 0 aliphatic rings. The molecule has 0 aliphatic heterocycles. The number of benzene rings is 1. The van der Waals surface area contributed by atoms with E-state index in [1.54, 1.807) is 24.3 Å². The van der Waals surface area contributed by atoms with Gasteiger partial charge in [-0.05, 0) is 43.7 Å². The molecular weight excluding hydrogens is 278 g/mol. The van der Waals surface area contributed by atoms with E-state index < -0.39 is 0 Å². The van der Waals surface area contributed by atoms with Crippen LogP contribution in [0.3, 0.4) is 0 Å². The first kappa shape index (κ1) is 18.7. The van der Waals surface area contributed by atoms with E-state index >= 15 is 0 Å². The van der Waals surface area contributed by atoms with Gasteiger partial charge in [-0.3, -0.25) is 0 Å². The molecule has 4 nitrogen and oxygen atoms in total. The van der Waals surface area contributed by atoms with Gasteiger partial charge in [0.05, 0.1) is 12.2 Å². The molecule has 0 atom stereocenters. The molecule has 0 fully saturated rings. The zero-order chi connectivity index (χ0) is 14.1. The van der Waals surface area contributed by atoms with Gasteiger partial charge in [0.1, 0.15) is 12.4 Å². The van der Waals surface area contributed by atoms with E-state index in [1.807, 2.05) is 6.92 Å². The molecule has 114 valence electrons. The molecule has 0 aliphatic carbocycles. The number of esters is 1. The monoisotopic (exact) mass is 301 g/mol. The van der Waals surface area contributed by atoms with Gasteiger partial charge in [0.25, 0.3) is 0 Å². The molecule has 0 unspecified atom stereocenters. The molecular formula is C15H24ClNO3. The molecule has 0 radical (unpaired) electrons. The van der Waals surface area contributed by atoms with Gasteiger partial charge in [0, 0.05) is 6.54 Å². The number of nitrogens with one attached hydrogen (secondary N) is 1. The first-order valence-corrected chi connectivity index (χ1v) is 6.74. The second-order valence-electron chi connectivity index (χ2n) is 4.69. The summed E-state index contributed by atoms with van der Waals surface area (Å²) in [6, 6.07) is 6.98. The van der Waals surface area contributed by atoms with Gasteiger partial charge in [-0.25, -0.2) is 4.79 Å². The van der Waals surface area contributed by atoms with Gasteiger partial charge in [-0.2, -0.15) is 0 Å². The standard InChI is InChI=1S/C15H23NO3.ClH/c1-4-18-14-7-5-13(6-8-14)15(17)19-10-9-16-11-12(2)3;/h5-8,12,16H,4,9-11H2,1-3H3;1H. The number of carbonyl (C=O) groups excluding carboxylic acids is 1. The Bertz CT molecular complexity index is 379. The zero-order valence-electron chi connectivity index (χ0n) is 12.3. The summed E-state index contributed by atoms with van der Waals surface area (Å²) in [5, 5.41) is 3.22. The average molecular weight is 302 g/mol. The summed E-state index contributed by atoms with van der Waals surface area (Å²) < 4.78 is 10.5. The van der Waals surface area contributed by atoms with Crippen molar-refractivity contribution >= 4 is 18.4 Å². The smallest absolute Gasteiger partial charge is 0.338 e. The highest BCUT2D eigenvalue weighted by Crippen LogP contribution is 2.12. The van der Waals surface area contributed by atoms with Gasteiger partial charge >= 0.3 is 5.97 Å². The Morgan fingerprint density at radius 2 is 1.90 bits per heavy atom. The van der Waals surface area contributed by atoms with Crippen molar-refractivity contribution in [2.24, 2.45) is 5.92 Å². The lowest BCUT2D eigenvalue weighted by Crippen LogP contribution is -2.25. The molecule has 5 heteroatoms. The van der Waals surface area contributed by atoms with Crippen molar-refractivity contribution in [3.63, 3.8) is 0 Å². The predicted molar refractivity (Wildman–Crippen MR) is 82.8 cm³/mol. The SMILES string of the molecule is CCOc1ccc(C(=O)OCCNCC(C)C)cc1.Cl. The minimum atomic E-state index is -0.297.